The Bertz CT molecular complexity index is 1140. The van der Waals surface area contributed by atoms with Gasteiger partial charge in [-0.15, -0.1) is 0 Å². The van der Waals surface area contributed by atoms with Crippen molar-refractivity contribution in [1.29, 1.82) is 0 Å². The molecule has 2 aromatic carbocycles. The topological polar surface area (TPSA) is 73.2 Å². The molecule has 1 aliphatic rings. The maximum Gasteiger partial charge on any atom is 0.259 e. The van der Waals surface area contributed by atoms with Gasteiger partial charge in [-0.1, -0.05) is 49.7 Å². The van der Waals surface area contributed by atoms with Crippen LogP contribution in [-0.4, -0.2) is 31.1 Å². The Morgan fingerprint density at radius 2 is 2.00 bits per heavy atom. The molecule has 2 atom stereocenters. The number of hydrogen-bond acceptors (Lipinski definition) is 4. The van der Waals surface area contributed by atoms with Gasteiger partial charge in [0.2, 0.25) is 0 Å². The van der Waals surface area contributed by atoms with Gasteiger partial charge >= 0.3 is 0 Å². The highest BCUT2D eigenvalue weighted by atomic mass is 32.2. The SMILES string of the molecule is CCCC1Cc2ccc(OCCNS(=O)(=O)c3cn(C)cn3)cc2C1Cc1ccccc1. The zero-order chi connectivity index (χ0) is 22.6. The first-order chi connectivity index (χ1) is 15.5. The number of benzene rings is 2. The van der Waals surface area contributed by atoms with Gasteiger partial charge in [-0.05, 0) is 59.9 Å². The number of aromatic nitrogens is 2. The van der Waals surface area contributed by atoms with E-state index in [1.54, 1.807) is 11.6 Å². The van der Waals surface area contributed by atoms with Gasteiger partial charge in [-0.2, -0.15) is 0 Å². The number of nitrogens with zero attached hydrogens (tertiary/aromatic N) is 2. The second-order valence-electron chi connectivity index (χ2n) is 8.53. The smallest absolute Gasteiger partial charge is 0.259 e. The standard InChI is InChI=1S/C25H31N3O3S/c1-3-7-20-15-21-10-11-22(16-24(21)23(20)14-19-8-5-4-6-9-19)31-13-12-27-32(29,30)25-17-28(2)18-26-25/h4-6,8-11,16-18,20,23,27H,3,7,12-15H2,1-2H3. The van der Waals surface area contributed by atoms with Crippen molar-refractivity contribution in [2.45, 2.75) is 43.6 Å². The van der Waals surface area contributed by atoms with E-state index in [0.29, 0.717) is 11.8 Å². The Morgan fingerprint density at radius 3 is 2.72 bits per heavy atom. The van der Waals surface area contributed by atoms with Crippen LogP contribution in [0.4, 0.5) is 0 Å². The van der Waals surface area contributed by atoms with Crippen LogP contribution in [0.1, 0.15) is 42.4 Å². The van der Waals surface area contributed by atoms with Crippen molar-refractivity contribution in [3.8, 4) is 5.75 Å². The molecule has 0 saturated carbocycles. The lowest BCUT2D eigenvalue weighted by molar-refractivity contribution is 0.322. The van der Waals surface area contributed by atoms with E-state index in [-0.39, 0.29) is 18.2 Å². The molecule has 6 nitrogen and oxygen atoms in total. The van der Waals surface area contributed by atoms with Crippen LogP contribution < -0.4 is 9.46 Å². The minimum Gasteiger partial charge on any atom is -0.492 e. The molecule has 0 aliphatic heterocycles. The molecule has 170 valence electrons. The zero-order valence-corrected chi connectivity index (χ0v) is 19.5. The van der Waals surface area contributed by atoms with Crippen molar-refractivity contribution in [3.63, 3.8) is 0 Å². The first-order valence-electron chi connectivity index (χ1n) is 11.2. The fourth-order valence-corrected chi connectivity index (χ4v) is 5.63. The van der Waals surface area contributed by atoms with Gasteiger partial charge in [0.05, 0.1) is 6.33 Å². The van der Waals surface area contributed by atoms with E-state index in [4.69, 9.17) is 4.74 Å². The third kappa shape index (κ3) is 5.22. The molecule has 1 heterocycles. The van der Waals surface area contributed by atoms with Crippen LogP contribution in [0.5, 0.6) is 5.75 Å². The Hall–Kier alpha value is -2.64. The molecule has 0 amide bonds. The molecule has 0 fully saturated rings. The van der Waals surface area contributed by atoms with Gasteiger partial charge in [-0.3, -0.25) is 0 Å². The molecule has 7 heteroatoms. The number of imidazole rings is 1. The van der Waals surface area contributed by atoms with Crippen LogP contribution in [0.25, 0.3) is 0 Å². The Kier molecular flexibility index (Phi) is 6.96. The van der Waals surface area contributed by atoms with E-state index >= 15 is 0 Å². The van der Waals surface area contributed by atoms with Crippen LogP contribution in [0, 0.1) is 5.92 Å². The average Bonchev–Trinajstić information content (AvgIpc) is 3.37. The molecule has 1 N–H and O–H groups in total. The minimum atomic E-state index is -3.62. The number of sulfonamides is 1. The van der Waals surface area contributed by atoms with Crippen molar-refractivity contribution >= 4 is 10.0 Å². The zero-order valence-electron chi connectivity index (χ0n) is 18.7. The fraction of sp³-hybridized carbons (Fsp3) is 0.400. The molecular formula is C25H31N3O3S. The van der Waals surface area contributed by atoms with Crippen molar-refractivity contribution < 1.29 is 13.2 Å². The van der Waals surface area contributed by atoms with Gasteiger partial charge in [0.15, 0.2) is 5.03 Å². The minimum absolute atomic E-state index is 0.0169. The van der Waals surface area contributed by atoms with Gasteiger partial charge in [0.25, 0.3) is 10.0 Å². The number of hydrogen-bond donors (Lipinski definition) is 1. The highest BCUT2D eigenvalue weighted by Gasteiger charge is 2.32. The molecule has 0 bridgehead atoms. The second-order valence-corrected chi connectivity index (χ2v) is 10.2. The van der Waals surface area contributed by atoms with Gasteiger partial charge in [0, 0.05) is 19.8 Å². The number of nitrogens with one attached hydrogen (secondary N) is 1. The van der Waals surface area contributed by atoms with E-state index in [1.165, 1.54) is 42.1 Å². The first kappa shape index (κ1) is 22.6. The summed E-state index contributed by atoms with van der Waals surface area (Å²) < 4.78 is 34.6. The van der Waals surface area contributed by atoms with Crippen LogP contribution in [-0.2, 0) is 29.9 Å². The lowest BCUT2D eigenvalue weighted by Crippen LogP contribution is -2.28. The second kappa shape index (κ2) is 9.88. The van der Waals surface area contributed by atoms with Gasteiger partial charge < -0.3 is 9.30 Å². The van der Waals surface area contributed by atoms with E-state index in [2.05, 4.69) is 59.1 Å². The molecule has 1 aromatic heterocycles. The monoisotopic (exact) mass is 453 g/mol. The summed E-state index contributed by atoms with van der Waals surface area (Å²) in [6.07, 6.45) is 7.49. The normalized spacial score (nSPS) is 17.9. The summed E-state index contributed by atoms with van der Waals surface area (Å²) >= 11 is 0. The van der Waals surface area contributed by atoms with E-state index in [1.807, 2.05) is 6.07 Å². The van der Waals surface area contributed by atoms with Crippen LogP contribution in [0.2, 0.25) is 0 Å². The summed E-state index contributed by atoms with van der Waals surface area (Å²) in [5.74, 6) is 1.92. The van der Waals surface area contributed by atoms with E-state index in [0.717, 1.165) is 18.6 Å². The molecule has 0 saturated heterocycles. The largest absolute Gasteiger partial charge is 0.492 e. The lowest BCUT2D eigenvalue weighted by Gasteiger charge is -2.20. The number of rotatable bonds is 10. The summed E-state index contributed by atoms with van der Waals surface area (Å²) in [6.45, 7) is 2.69. The Labute approximate surface area is 190 Å². The average molecular weight is 454 g/mol. The van der Waals surface area contributed by atoms with Crippen molar-refractivity contribution in [1.82, 2.24) is 14.3 Å². The Balaban J connectivity index is 1.40. The maximum atomic E-state index is 12.3. The van der Waals surface area contributed by atoms with Crippen molar-refractivity contribution in [2.24, 2.45) is 13.0 Å². The molecule has 0 spiro atoms. The van der Waals surface area contributed by atoms with Crippen LogP contribution in [0.15, 0.2) is 66.1 Å². The molecule has 0 radical (unpaired) electrons. The predicted octanol–water partition coefficient (Wildman–Crippen LogP) is 4.08. The van der Waals surface area contributed by atoms with Crippen molar-refractivity contribution in [2.75, 3.05) is 13.2 Å². The summed E-state index contributed by atoms with van der Waals surface area (Å²) in [5.41, 5.74) is 4.15. The summed E-state index contributed by atoms with van der Waals surface area (Å²) in [5, 5.41) is 0.0169. The number of fused-ring (bicyclic) bond motifs is 1. The number of aryl methyl sites for hydroxylation is 1. The molecule has 1 aliphatic carbocycles. The molecule has 3 aromatic rings. The van der Waals surface area contributed by atoms with Crippen molar-refractivity contribution in [3.05, 3.63) is 77.7 Å². The summed E-state index contributed by atoms with van der Waals surface area (Å²) in [4.78, 5) is 3.90. The van der Waals surface area contributed by atoms with Gasteiger partial charge in [0.1, 0.15) is 12.4 Å². The Morgan fingerprint density at radius 1 is 1.19 bits per heavy atom. The third-order valence-electron chi connectivity index (χ3n) is 6.15. The lowest BCUT2D eigenvalue weighted by atomic mass is 9.84. The first-order valence-corrected chi connectivity index (χ1v) is 12.7. The van der Waals surface area contributed by atoms with E-state index < -0.39 is 10.0 Å². The molecular weight excluding hydrogens is 422 g/mol. The quantitative estimate of drug-likeness (QED) is 0.470. The molecule has 4 rings (SSSR count). The summed E-state index contributed by atoms with van der Waals surface area (Å²) in [7, 11) is -1.89. The summed E-state index contributed by atoms with van der Waals surface area (Å²) in [6, 6.07) is 17.0. The molecule has 32 heavy (non-hydrogen) atoms. The fourth-order valence-electron chi connectivity index (χ4n) is 4.64. The van der Waals surface area contributed by atoms with Crippen LogP contribution >= 0.6 is 0 Å². The molecule has 2 unspecified atom stereocenters. The van der Waals surface area contributed by atoms with Gasteiger partial charge in [-0.25, -0.2) is 18.1 Å². The predicted molar refractivity (Wildman–Crippen MR) is 125 cm³/mol. The highest BCUT2D eigenvalue weighted by Crippen LogP contribution is 2.43. The van der Waals surface area contributed by atoms with Crippen LogP contribution in [0.3, 0.4) is 0 Å². The van der Waals surface area contributed by atoms with E-state index in [9.17, 15) is 8.42 Å². The highest BCUT2D eigenvalue weighted by molar-refractivity contribution is 7.89. The third-order valence-corrected chi connectivity index (χ3v) is 7.49. The number of ether oxygens (including phenoxy) is 1. The maximum absolute atomic E-state index is 12.3.